The van der Waals surface area contributed by atoms with Crippen molar-refractivity contribution in [1.29, 1.82) is 0 Å². The van der Waals surface area contributed by atoms with Crippen LogP contribution >= 0.6 is 0 Å². The maximum absolute atomic E-state index is 9.26. The maximum atomic E-state index is 9.26. The number of hydrogen-bond donors (Lipinski definition) is 2. The van der Waals surface area contributed by atoms with Crippen molar-refractivity contribution in [3.63, 3.8) is 0 Å². The van der Waals surface area contributed by atoms with Gasteiger partial charge in [0.2, 0.25) is 0 Å². The first-order valence-corrected chi connectivity index (χ1v) is 5.67. The van der Waals surface area contributed by atoms with Crippen LogP contribution < -0.4 is 5.73 Å². The maximum Gasteiger partial charge on any atom is 0.115 e. The van der Waals surface area contributed by atoms with Gasteiger partial charge in [-0.15, -0.1) is 0 Å². The van der Waals surface area contributed by atoms with Crippen molar-refractivity contribution >= 4 is 0 Å². The van der Waals surface area contributed by atoms with Crippen LogP contribution in [-0.4, -0.2) is 16.6 Å². The molecule has 2 aromatic rings. The molecular formula is C14H16N2O. The van der Waals surface area contributed by atoms with Gasteiger partial charge in [0.05, 0.1) is 0 Å². The first-order valence-electron chi connectivity index (χ1n) is 5.67. The van der Waals surface area contributed by atoms with E-state index < -0.39 is 0 Å². The fourth-order valence-electron chi connectivity index (χ4n) is 1.89. The van der Waals surface area contributed by atoms with Gasteiger partial charge >= 0.3 is 0 Å². The third kappa shape index (κ3) is 3.04. The average Bonchev–Trinajstić information content (AvgIpc) is 2.38. The highest BCUT2D eigenvalue weighted by Gasteiger charge is 2.10. The van der Waals surface area contributed by atoms with E-state index in [1.807, 2.05) is 24.3 Å². The Labute approximate surface area is 101 Å². The molecule has 0 radical (unpaired) electrons. The second kappa shape index (κ2) is 5.46. The van der Waals surface area contributed by atoms with Crippen molar-refractivity contribution in [1.82, 2.24) is 4.98 Å². The molecule has 1 heterocycles. The monoisotopic (exact) mass is 228 g/mol. The summed E-state index contributed by atoms with van der Waals surface area (Å²) in [7, 11) is 0. The average molecular weight is 228 g/mol. The van der Waals surface area contributed by atoms with Gasteiger partial charge in [0.25, 0.3) is 0 Å². The molecule has 2 rings (SSSR count). The zero-order chi connectivity index (χ0) is 12.1. The molecule has 17 heavy (non-hydrogen) atoms. The van der Waals surface area contributed by atoms with Crippen LogP contribution in [0.1, 0.15) is 17.0 Å². The molecule has 1 atom stereocenters. The number of rotatable bonds is 4. The van der Waals surface area contributed by atoms with Gasteiger partial charge in [-0.2, -0.15) is 0 Å². The highest BCUT2D eigenvalue weighted by Crippen LogP contribution is 2.21. The van der Waals surface area contributed by atoms with E-state index in [0.717, 1.165) is 12.0 Å². The summed E-state index contributed by atoms with van der Waals surface area (Å²) in [6.45, 7) is 0.590. The topological polar surface area (TPSA) is 59.1 Å². The molecule has 3 nitrogen and oxygen atoms in total. The minimum absolute atomic E-state index is 0.276. The number of benzene rings is 1. The van der Waals surface area contributed by atoms with E-state index in [1.165, 1.54) is 5.56 Å². The summed E-state index contributed by atoms with van der Waals surface area (Å²) in [4.78, 5) is 4.00. The number of phenols is 1. The summed E-state index contributed by atoms with van der Waals surface area (Å²) in [5.41, 5.74) is 8.19. The Balaban J connectivity index is 2.14. The number of phenolic OH excluding ortho intramolecular Hbond substituents is 1. The van der Waals surface area contributed by atoms with Crippen molar-refractivity contribution < 1.29 is 5.11 Å². The van der Waals surface area contributed by atoms with Gasteiger partial charge in [0.15, 0.2) is 0 Å². The Hall–Kier alpha value is -1.87. The minimum Gasteiger partial charge on any atom is -0.508 e. The molecule has 88 valence electrons. The van der Waals surface area contributed by atoms with E-state index in [1.54, 1.807) is 24.5 Å². The zero-order valence-electron chi connectivity index (χ0n) is 9.58. The van der Waals surface area contributed by atoms with Gasteiger partial charge in [-0.25, -0.2) is 0 Å². The summed E-state index contributed by atoms with van der Waals surface area (Å²) in [5.74, 6) is 0.562. The normalized spacial score (nSPS) is 12.3. The molecule has 3 heteroatoms. The molecule has 0 aliphatic rings. The van der Waals surface area contributed by atoms with Gasteiger partial charge in [-0.1, -0.05) is 12.1 Å². The fourth-order valence-corrected chi connectivity index (χ4v) is 1.89. The molecule has 0 amide bonds. The molecule has 0 aliphatic heterocycles. The third-order valence-corrected chi connectivity index (χ3v) is 2.88. The van der Waals surface area contributed by atoms with Crippen molar-refractivity contribution in [3.8, 4) is 5.75 Å². The Bertz CT molecular complexity index is 453. The van der Waals surface area contributed by atoms with Crippen LogP contribution in [0.2, 0.25) is 0 Å². The molecule has 0 aliphatic carbocycles. The van der Waals surface area contributed by atoms with E-state index >= 15 is 0 Å². The van der Waals surface area contributed by atoms with Crippen molar-refractivity contribution in [3.05, 3.63) is 59.9 Å². The number of hydrogen-bond acceptors (Lipinski definition) is 3. The molecule has 1 aromatic carbocycles. The second-order valence-electron chi connectivity index (χ2n) is 4.08. The van der Waals surface area contributed by atoms with E-state index in [9.17, 15) is 5.11 Å². The Morgan fingerprint density at radius 1 is 1.06 bits per heavy atom. The van der Waals surface area contributed by atoms with Crippen LogP contribution in [0.15, 0.2) is 48.8 Å². The summed E-state index contributed by atoms with van der Waals surface area (Å²) in [6.07, 6.45) is 4.48. The molecule has 1 aromatic heterocycles. The summed E-state index contributed by atoms with van der Waals surface area (Å²) in [5, 5.41) is 9.26. The minimum atomic E-state index is 0.276. The quantitative estimate of drug-likeness (QED) is 0.842. The van der Waals surface area contributed by atoms with Gasteiger partial charge in [-0.05, 0) is 48.4 Å². The van der Waals surface area contributed by atoms with E-state index in [0.29, 0.717) is 6.54 Å². The smallest absolute Gasteiger partial charge is 0.115 e. The molecular weight excluding hydrogens is 212 g/mol. The second-order valence-corrected chi connectivity index (χ2v) is 4.08. The van der Waals surface area contributed by atoms with Crippen LogP contribution in [0.5, 0.6) is 5.75 Å². The molecule has 0 saturated heterocycles. The van der Waals surface area contributed by atoms with Crippen molar-refractivity contribution in [2.45, 2.75) is 12.3 Å². The van der Waals surface area contributed by atoms with Crippen LogP contribution in [0.4, 0.5) is 0 Å². The highest BCUT2D eigenvalue weighted by molar-refractivity contribution is 5.30. The fraction of sp³-hybridized carbons (Fsp3) is 0.214. The summed E-state index contributed by atoms with van der Waals surface area (Å²) in [6, 6.07) is 11.3. The van der Waals surface area contributed by atoms with E-state index in [-0.39, 0.29) is 11.7 Å². The lowest BCUT2D eigenvalue weighted by Gasteiger charge is -2.15. The van der Waals surface area contributed by atoms with Crippen molar-refractivity contribution in [2.75, 3.05) is 6.54 Å². The van der Waals surface area contributed by atoms with Crippen molar-refractivity contribution in [2.24, 2.45) is 5.73 Å². The largest absolute Gasteiger partial charge is 0.508 e. The SMILES string of the molecule is NCC(Cc1ccncc1)c1ccc(O)cc1. The van der Waals surface area contributed by atoms with Crippen LogP contribution in [-0.2, 0) is 6.42 Å². The molecule has 3 N–H and O–H groups in total. The van der Waals surface area contributed by atoms with Gasteiger partial charge in [0, 0.05) is 18.3 Å². The van der Waals surface area contributed by atoms with E-state index in [2.05, 4.69) is 4.98 Å². The standard InChI is InChI=1S/C14H16N2O/c15-10-13(9-11-5-7-16-8-6-11)12-1-3-14(17)4-2-12/h1-8,13,17H,9-10,15H2. The molecule has 0 bridgehead atoms. The summed E-state index contributed by atoms with van der Waals surface area (Å²) >= 11 is 0. The number of pyridine rings is 1. The number of nitrogens with zero attached hydrogens (tertiary/aromatic N) is 1. The lowest BCUT2D eigenvalue weighted by molar-refractivity contribution is 0.475. The number of nitrogens with two attached hydrogens (primary N) is 1. The number of aromatic hydroxyl groups is 1. The lowest BCUT2D eigenvalue weighted by atomic mass is 9.92. The zero-order valence-corrected chi connectivity index (χ0v) is 9.58. The summed E-state index contributed by atoms with van der Waals surface area (Å²) < 4.78 is 0. The third-order valence-electron chi connectivity index (χ3n) is 2.88. The molecule has 1 unspecified atom stereocenters. The van der Waals surface area contributed by atoms with Gasteiger partial charge in [0.1, 0.15) is 5.75 Å². The Morgan fingerprint density at radius 3 is 2.29 bits per heavy atom. The first kappa shape index (κ1) is 11.6. The first-order chi connectivity index (χ1) is 8.29. The van der Waals surface area contributed by atoms with Crippen LogP contribution in [0.3, 0.4) is 0 Å². The Morgan fingerprint density at radius 2 is 1.71 bits per heavy atom. The molecule has 0 spiro atoms. The van der Waals surface area contributed by atoms with Gasteiger partial charge < -0.3 is 10.8 Å². The predicted octanol–water partition coefficient (Wildman–Crippen LogP) is 2.07. The predicted molar refractivity (Wildman–Crippen MR) is 67.8 cm³/mol. The van der Waals surface area contributed by atoms with Gasteiger partial charge in [-0.3, -0.25) is 4.98 Å². The lowest BCUT2D eigenvalue weighted by Crippen LogP contribution is -2.14. The number of aromatic nitrogens is 1. The van der Waals surface area contributed by atoms with Crippen LogP contribution in [0, 0.1) is 0 Å². The van der Waals surface area contributed by atoms with Crippen LogP contribution in [0.25, 0.3) is 0 Å². The molecule has 0 saturated carbocycles. The highest BCUT2D eigenvalue weighted by atomic mass is 16.3. The molecule has 0 fully saturated rings. The van der Waals surface area contributed by atoms with E-state index in [4.69, 9.17) is 5.73 Å². The Kier molecular flexibility index (Phi) is 3.73.